The summed E-state index contributed by atoms with van der Waals surface area (Å²) in [6.45, 7) is 2.18. The third-order valence-electron chi connectivity index (χ3n) is 3.23. The van der Waals surface area contributed by atoms with Gasteiger partial charge in [-0.2, -0.15) is 0 Å². The van der Waals surface area contributed by atoms with Crippen LogP contribution in [0.4, 0.5) is 4.79 Å². The van der Waals surface area contributed by atoms with Crippen molar-refractivity contribution < 1.29 is 24.2 Å². The number of aliphatic carboxylic acids is 1. The van der Waals surface area contributed by atoms with Crippen LogP contribution in [0, 0.1) is 5.92 Å². The van der Waals surface area contributed by atoms with Gasteiger partial charge >= 0.3 is 12.0 Å². The van der Waals surface area contributed by atoms with E-state index in [-0.39, 0.29) is 6.04 Å². The Balaban J connectivity index is 2.36. The molecule has 0 spiro atoms. The number of amides is 3. The molecular formula is C12H21N3O5. The number of hydrogen-bond donors (Lipinski definition) is 2. The third-order valence-corrected chi connectivity index (χ3v) is 3.23. The lowest BCUT2D eigenvalue weighted by Gasteiger charge is -2.22. The van der Waals surface area contributed by atoms with Gasteiger partial charge in [-0.25, -0.2) is 9.59 Å². The molecule has 0 aromatic rings. The molecule has 0 aliphatic carbocycles. The normalized spacial score (nSPS) is 22.1. The van der Waals surface area contributed by atoms with E-state index >= 15 is 0 Å². The zero-order valence-electron chi connectivity index (χ0n) is 12.0. The maximum absolute atomic E-state index is 11.9. The summed E-state index contributed by atoms with van der Waals surface area (Å²) in [5.74, 6) is -1.47. The minimum atomic E-state index is -1.16. The first-order valence-corrected chi connectivity index (χ1v) is 6.36. The fourth-order valence-electron chi connectivity index (χ4n) is 2.25. The van der Waals surface area contributed by atoms with Crippen LogP contribution in [-0.2, 0) is 14.3 Å². The second kappa shape index (κ2) is 7.20. The first-order valence-electron chi connectivity index (χ1n) is 6.36. The average Bonchev–Trinajstić information content (AvgIpc) is 2.70. The van der Waals surface area contributed by atoms with E-state index in [0.717, 1.165) is 0 Å². The zero-order chi connectivity index (χ0) is 15.3. The Hall–Kier alpha value is -1.67. The second-order valence-corrected chi connectivity index (χ2v) is 5.15. The number of hydrogen-bond acceptors (Lipinski definition) is 5. The molecule has 0 radical (unpaired) electrons. The quantitative estimate of drug-likeness (QED) is 0.687. The highest BCUT2D eigenvalue weighted by Gasteiger charge is 2.34. The summed E-state index contributed by atoms with van der Waals surface area (Å²) in [7, 11) is 3.90. The van der Waals surface area contributed by atoms with Crippen molar-refractivity contribution in [2.75, 3.05) is 40.4 Å². The van der Waals surface area contributed by atoms with Gasteiger partial charge in [-0.15, -0.1) is 0 Å². The Morgan fingerprint density at radius 2 is 1.95 bits per heavy atom. The van der Waals surface area contributed by atoms with E-state index in [2.05, 4.69) is 21.9 Å². The Labute approximate surface area is 117 Å². The summed E-state index contributed by atoms with van der Waals surface area (Å²) in [5, 5.41) is 10.5. The van der Waals surface area contributed by atoms with E-state index in [4.69, 9.17) is 5.11 Å². The number of imide groups is 1. The lowest BCUT2D eigenvalue weighted by Crippen LogP contribution is -2.44. The molecule has 2 atom stereocenters. The number of carbonyl (C=O) groups excluding carboxylic acids is 2. The number of likely N-dealkylation sites (tertiary alicyclic amines) is 1. The lowest BCUT2D eigenvalue weighted by molar-refractivity contribution is -0.143. The molecule has 8 heteroatoms. The van der Waals surface area contributed by atoms with Crippen LogP contribution < -0.4 is 5.32 Å². The molecule has 114 valence electrons. The van der Waals surface area contributed by atoms with Crippen molar-refractivity contribution in [2.24, 2.45) is 5.92 Å². The molecule has 3 amide bonds. The summed E-state index contributed by atoms with van der Waals surface area (Å²) in [4.78, 5) is 37.1. The number of nitrogens with one attached hydrogen (secondary N) is 1. The molecule has 0 bridgehead atoms. The standard InChI is InChI=1S/C12H21N3O5/c1-8-4-15(5-9(8)14(2)3)12(19)13-10(16)6-20-7-11(17)18/h8-9H,4-7H2,1-3H3,(H,17,18)(H,13,16,19). The number of urea groups is 1. The monoisotopic (exact) mass is 287 g/mol. The van der Waals surface area contributed by atoms with Gasteiger partial charge in [0.05, 0.1) is 0 Å². The van der Waals surface area contributed by atoms with Crippen LogP contribution in [0.15, 0.2) is 0 Å². The highest BCUT2D eigenvalue weighted by Crippen LogP contribution is 2.19. The largest absolute Gasteiger partial charge is 0.480 e. The molecule has 1 aliphatic rings. The van der Waals surface area contributed by atoms with E-state index in [0.29, 0.717) is 19.0 Å². The molecule has 2 N–H and O–H groups in total. The van der Waals surface area contributed by atoms with Gasteiger partial charge in [0.15, 0.2) is 0 Å². The van der Waals surface area contributed by atoms with E-state index in [9.17, 15) is 14.4 Å². The van der Waals surface area contributed by atoms with Crippen molar-refractivity contribution in [1.82, 2.24) is 15.1 Å². The van der Waals surface area contributed by atoms with E-state index < -0.39 is 31.1 Å². The summed E-state index contributed by atoms with van der Waals surface area (Å²) < 4.78 is 4.61. The Bertz CT molecular complexity index is 385. The van der Waals surface area contributed by atoms with Crippen LogP contribution >= 0.6 is 0 Å². The number of nitrogens with zero attached hydrogens (tertiary/aromatic N) is 2. The lowest BCUT2D eigenvalue weighted by atomic mass is 10.1. The molecule has 1 saturated heterocycles. The van der Waals surface area contributed by atoms with Gasteiger partial charge in [-0.05, 0) is 20.0 Å². The van der Waals surface area contributed by atoms with Gasteiger partial charge < -0.3 is 19.6 Å². The third kappa shape index (κ3) is 4.78. The van der Waals surface area contributed by atoms with Crippen molar-refractivity contribution in [3.05, 3.63) is 0 Å². The summed E-state index contributed by atoms with van der Waals surface area (Å²) in [5.41, 5.74) is 0. The first-order chi connectivity index (χ1) is 9.31. The smallest absolute Gasteiger partial charge is 0.329 e. The number of carboxylic acids is 1. The predicted molar refractivity (Wildman–Crippen MR) is 70.2 cm³/mol. The molecule has 0 aromatic heterocycles. The van der Waals surface area contributed by atoms with Gasteiger partial charge in [-0.3, -0.25) is 10.1 Å². The number of carbonyl (C=O) groups is 3. The SMILES string of the molecule is CC1CN(C(=O)NC(=O)COCC(=O)O)CC1N(C)C. The van der Waals surface area contributed by atoms with E-state index in [1.165, 1.54) is 0 Å². The average molecular weight is 287 g/mol. The highest BCUT2D eigenvalue weighted by molar-refractivity contribution is 5.95. The fourth-order valence-corrected chi connectivity index (χ4v) is 2.25. The number of likely N-dealkylation sites (N-methyl/N-ethyl adjacent to an activating group) is 1. The minimum Gasteiger partial charge on any atom is -0.480 e. The molecule has 20 heavy (non-hydrogen) atoms. The van der Waals surface area contributed by atoms with Gasteiger partial charge in [0.1, 0.15) is 13.2 Å². The molecule has 1 heterocycles. The summed E-state index contributed by atoms with van der Waals surface area (Å²) in [6.07, 6.45) is 0. The van der Waals surface area contributed by atoms with Crippen LogP contribution in [0.2, 0.25) is 0 Å². The topological polar surface area (TPSA) is 99.2 Å². The molecule has 1 aliphatic heterocycles. The summed E-state index contributed by atoms with van der Waals surface area (Å²) >= 11 is 0. The maximum atomic E-state index is 11.9. The predicted octanol–water partition coefficient (Wildman–Crippen LogP) is -0.794. The van der Waals surface area contributed by atoms with Crippen molar-refractivity contribution in [2.45, 2.75) is 13.0 Å². The molecule has 8 nitrogen and oxygen atoms in total. The number of ether oxygens (including phenoxy) is 1. The van der Waals surface area contributed by atoms with E-state index in [1.807, 2.05) is 14.1 Å². The van der Waals surface area contributed by atoms with Crippen LogP contribution in [0.5, 0.6) is 0 Å². The van der Waals surface area contributed by atoms with Crippen molar-refractivity contribution in [3.63, 3.8) is 0 Å². The zero-order valence-corrected chi connectivity index (χ0v) is 12.0. The van der Waals surface area contributed by atoms with Gasteiger partial charge in [0, 0.05) is 19.1 Å². The number of rotatable bonds is 5. The van der Waals surface area contributed by atoms with Gasteiger partial charge in [0.2, 0.25) is 0 Å². The van der Waals surface area contributed by atoms with Crippen LogP contribution in [0.1, 0.15) is 6.92 Å². The van der Waals surface area contributed by atoms with E-state index in [1.54, 1.807) is 4.90 Å². The molecule has 0 aromatic carbocycles. The maximum Gasteiger partial charge on any atom is 0.329 e. The Kier molecular flexibility index (Phi) is 5.90. The van der Waals surface area contributed by atoms with Crippen molar-refractivity contribution in [3.8, 4) is 0 Å². The molecule has 1 fully saturated rings. The van der Waals surface area contributed by atoms with Crippen LogP contribution in [-0.4, -0.2) is 79.3 Å². The van der Waals surface area contributed by atoms with Crippen molar-refractivity contribution in [1.29, 1.82) is 0 Å². The fraction of sp³-hybridized carbons (Fsp3) is 0.750. The molecular weight excluding hydrogens is 266 g/mol. The highest BCUT2D eigenvalue weighted by atomic mass is 16.5. The Morgan fingerprint density at radius 3 is 2.45 bits per heavy atom. The van der Waals surface area contributed by atoms with Gasteiger partial charge in [0.25, 0.3) is 5.91 Å². The number of carboxylic acid groups (broad SMARTS) is 1. The molecule has 0 saturated carbocycles. The second-order valence-electron chi connectivity index (χ2n) is 5.15. The van der Waals surface area contributed by atoms with Crippen LogP contribution in [0.3, 0.4) is 0 Å². The first kappa shape index (κ1) is 16.4. The Morgan fingerprint density at radius 1 is 1.30 bits per heavy atom. The van der Waals surface area contributed by atoms with Gasteiger partial charge in [-0.1, -0.05) is 6.92 Å². The van der Waals surface area contributed by atoms with Crippen molar-refractivity contribution >= 4 is 17.9 Å². The summed E-state index contributed by atoms with van der Waals surface area (Å²) in [6, 6.07) is -0.204. The molecule has 2 unspecified atom stereocenters. The van der Waals surface area contributed by atoms with Crippen LogP contribution in [0.25, 0.3) is 0 Å². The molecule has 1 rings (SSSR count). The minimum absolute atomic E-state index is 0.263.